The lowest BCUT2D eigenvalue weighted by molar-refractivity contribution is -0.116. The number of hydrogen-bond donors (Lipinski definition) is 1. The molecule has 1 N–H and O–H groups in total. The van der Waals surface area contributed by atoms with Crippen LogP contribution in [0.15, 0.2) is 40.8 Å². The van der Waals surface area contributed by atoms with Gasteiger partial charge in [0.25, 0.3) is 5.56 Å². The fourth-order valence-electron chi connectivity index (χ4n) is 4.88. The van der Waals surface area contributed by atoms with E-state index in [2.05, 4.69) is 39.8 Å². The molecule has 0 unspecified atom stereocenters. The summed E-state index contributed by atoms with van der Waals surface area (Å²) in [6.45, 7) is 8.31. The van der Waals surface area contributed by atoms with E-state index in [0.29, 0.717) is 29.9 Å². The summed E-state index contributed by atoms with van der Waals surface area (Å²) >= 11 is 1.42. The van der Waals surface area contributed by atoms with Crippen LogP contribution in [0.2, 0.25) is 0 Å². The number of hydrogen-bond acceptors (Lipinski definition) is 6. The average Bonchev–Trinajstić information content (AvgIpc) is 3.59. The van der Waals surface area contributed by atoms with Gasteiger partial charge in [-0.3, -0.25) is 14.2 Å². The number of fused-ring (bicyclic) bond motifs is 1. The molecule has 9 heteroatoms. The standard InChI is InChI=1S/C27H31N5O3S/c1-17-7-4-9-21-25(17)28-16-31(26(21)34)11-5-10-24(33)30-27-29-23(15-36-27)22-13-18(2)32(19(22)3)14-20-8-6-12-35-20/h4,7,9,13,15-16,20H,5-6,8,10-12,14H2,1-3H3,(H,29,30,33)/t20-/m1/s1. The summed E-state index contributed by atoms with van der Waals surface area (Å²) in [6, 6.07) is 7.75. The first kappa shape index (κ1) is 24.4. The molecule has 0 saturated carbocycles. The van der Waals surface area contributed by atoms with Gasteiger partial charge < -0.3 is 14.6 Å². The summed E-state index contributed by atoms with van der Waals surface area (Å²) in [5, 5.41) is 6.08. The molecule has 1 atom stereocenters. The zero-order valence-electron chi connectivity index (χ0n) is 20.9. The number of para-hydroxylation sites is 1. The van der Waals surface area contributed by atoms with Gasteiger partial charge in [0.05, 0.1) is 29.0 Å². The molecule has 1 aliphatic heterocycles. The smallest absolute Gasteiger partial charge is 0.261 e. The third kappa shape index (κ3) is 4.99. The average molecular weight is 506 g/mol. The van der Waals surface area contributed by atoms with Crippen LogP contribution in [-0.4, -0.2) is 37.7 Å². The lowest BCUT2D eigenvalue weighted by Gasteiger charge is -2.14. The maximum absolute atomic E-state index is 12.7. The van der Waals surface area contributed by atoms with Crippen LogP contribution in [0.4, 0.5) is 5.13 Å². The highest BCUT2D eigenvalue weighted by atomic mass is 32.1. The maximum atomic E-state index is 12.7. The van der Waals surface area contributed by atoms with Gasteiger partial charge in [0.1, 0.15) is 0 Å². The number of carbonyl (C=O) groups excluding carboxylic acids is 1. The van der Waals surface area contributed by atoms with Crippen molar-refractivity contribution in [1.29, 1.82) is 0 Å². The van der Waals surface area contributed by atoms with Crippen LogP contribution in [0.1, 0.15) is 42.6 Å². The quantitative estimate of drug-likeness (QED) is 0.370. The number of nitrogens with zero attached hydrogens (tertiary/aromatic N) is 4. The summed E-state index contributed by atoms with van der Waals surface area (Å²) in [6.07, 6.45) is 4.90. The van der Waals surface area contributed by atoms with Crippen molar-refractivity contribution < 1.29 is 9.53 Å². The molecule has 4 aromatic rings. The Labute approximate surface area is 214 Å². The number of aromatic nitrogens is 4. The molecule has 5 rings (SSSR count). The van der Waals surface area contributed by atoms with E-state index in [9.17, 15) is 9.59 Å². The van der Waals surface area contributed by atoms with Gasteiger partial charge in [0, 0.05) is 48.4 Å². The molecule has 4 heterocycles. The lowest BCUT2D eigenvalue weighted by Crippen LogP contribution is -2.22. The molecule has 1 aliphatic rings. The second kappa shape index (κ2) is 10.4. The zero-order valence-corrected chi connectivity index (χ0v) is 21.7. The Balaban J connectivity index is 1.19. The number of amides is 1. The number of benzene rings is 1. The molecule has 1 saturated heterocycles. The van der Waals surface area contributed by atoms with Gasteiger partial charge >= 0.3 is 0 Å². The molecule has 1 amide bonds. The van der Waals surface area contributed by atoms with E-state index < -0.39 is 0 Å². The summed E-state index contributed by atoms with van der Waals surface area (Å²) in [7, 11) is 0. The largest absolute Gasteiger partial charge is 0.376 e. The van der Waals surface area contributed by atoms with Crippen molar-refractivity contribution in [3.8, 4) is 11.3 Å². The lowest BCUT2D eigenvalue weighted by atomic mass is 10.1. The molecule has 3 aromatic heterocycles. The van der Waals surface area contributed by atoms with E-state index in [1.54, 1.807) is 17.0 Å². The molecule has 8 nitrogen and oxygen atoms in total. The van der Waals surface area contributed by atoms with Gasteiger partial charge in [-0.05, 0) is 57.7 Å². The second-order valence-corrected chi connectivity index (χ2v) is 10.3. The predicted octanol–water partition coefficient (Wildman–Crippen LogP) is 4.84. The van der Waals surface area contributed by atoms with E-state index in [1.165, 1.54) is 17.0 Å². The van der Waals surface area contributed by atoms with Crippen LogP contribution < -0.4 is 10.9 Å². The Morgan fingerprint density at radius 2 is 2.14 bits per heavy atom. The van der Waals surface area contributed by atoms with Crippen molar-refractivity contribution in [2.75, 3.05) is 11.9 Å². The van der Waals surface area contributed by atoms with Gasteiger partial charge in [-0.25, -0.2) is 9.97 Å². The highest BCUT2D eigenvalue weighted by Crippen LogP contribution is 2.31. The minimum absolute atomic E-state index is 0.0780. The van der Waals surface area contributed by atoms with E-state index >= 15 is 0 Å². The highest BCUT2D eigenvalue weighted by Gasteiger charge is 2.20. The van der Waals surface area contributed by atoms with Crippen molar-refractivity contribution in [2.24, 2.45) is 0 Å². The number of ether oxygens (including phenoxy) is 1. The summed E-state index contributed by atoms with van der Waals surface area (Å²) < 4.78 is 9.69. The first-order chi connectivity index (χ1) is 17.4. The molecule has 0 spiro atoms. The summed E-state index contributed by atoms with van der Waals surface area (Å²) in [5.41, 5.74) is 5.92. The molecule has 1 fully saturated rings. The molecule has 0 aliphatic carbocycles. The predicted molar refractivity (Wildman–Crippen MR) is 143 cm³/mol. The topological polar surface area (TPSA) is 91.0 Å². The van der Waals surface area contributed by atoms with Crippen LogP contribution >= 0.6 is 11.3 Å². The van der Waals surface area contributed by atoms with Crippen LogP contribution in [0.5, 0.6) is 0 Å². The van der Waals surface area contributed by atoms with Gasteiger partial charge in [0.2, 0.25) is 5.91 Å². The van der Waals surface area contributed by atoms with Crippen LogP contribution in [-0.2, 0) is 22.6 Å². The van der Waals surface area contributed by atoms with Crippen LogP contribution in [0, 0.1) is 20.8 Å². The fourth-order valence-corrected chi connectivity index (χ4v) is 5.60. The molecule has 36 heavy (non-hydrogen) atoms. The number of thiazole rings is 1. The highest BCUT2D eigenvalue weighted by molar-refractivity contribution is 7.14. The Kier molecular flexibility index (Phi) is 7.02. The Morgan fingerprint density at radius 1 is 1.28 bits per heavy atom. The van der Waals surface area contributed by atoms with Gasteiger partial charge in [0.15, 0.2) is 5.13 Å². The zero-order chi connectivity index (χ0) is 25.2. The van der Waals surface area contributed by atoms with Gasteiger partial charge in [-0.15, -0.1) is 11.3 Å². The van der Waals surface area contributed by atoms with E-state index in [1.807, 2.05) is 24.4 Å². The molecular formula is C27H31N5O3S. The van der Waals surface area contributed by atoms with Gasteiger partial charge in [-0.2, -0.15) is 0 Å². The van der Waals surface area contributed by atoms with Crippen molar-refractivity contribution >= 4 is 33.3 Å². The molecule has 0 radical (unpaired) electrons. The Hall–Kier alpha value is -3.30. The first-order valence-corrected chi connectivity index (χ1v) is 13.3. The van der Waals surface area contributed by atoms with Crippen molar-refractivity contribution in [2.45, 2.75) is 65.6 Å². The van der Waals surface area contributed by atoms with Crippen LogP contribution in [0.25, 0.3) is 22.2 Å². The molecule has 188 valence electrons. The maximum Gasteiger partial charge on any atom is 0.261 e. The van der Waals surface area contributed by atoms with Crippen molar-refractivity contribution in [1.82, 2.24) is 19.1 Å². The van der Waals surface area contributed by atoms with E-state index in [-0.39, 0.29) is 17.6 Å². The Morgan fingerprint density at radius 3 is 2.94 bits per heavy atom. The van der Waals surface area contributed by atoms with Crippen molar-refractivity contribution in [3.63, 3.8) is 0 Å². The molecule has 1 aromatic carbocycles. The first-order valence-electron chi connectivity index (χ1n) is 12.4. The second-order valence-electron chi connectivity index (χ2n) is 9.43. The molecular weight excluding hydrogens is 474 g/mol. The number of aryl methyl sites for hydroxylation is 3. The van der Waals surface area contributed by atoms with E-state index in [0.717, 1.165) is 54.0 Å². The fraction of sp³-hybridized carbons (Fsp3) is 0.407. The summed E-state index contributed by atoms with van der Waals surface area (Å²) in [4.78, 5) is 34.4. The molecule has 0 bridgehead atoms. The van der Waals surface area contributed by atoms with Gasteiger partial charge in [-0.1, -0.05) is 12.1 Å². The Bertz CT molecular complexity index is 1460. The van der Waals surface area contributed by atoms with E-state index in [4.69, 9.17) is 4.74 Å². The third-order valence-corrected chi connectivity index (χ3v) is 7.63. The van der Waals surface area contributed by atoms with Crippen LogP contribution in [0.3, 0.4) is 0 Å². The number of carbonyl (C=O) groups is 1. The normalized spacial score (nSPS) is 15.6. The number of rotatable bonds is 8. The number of nitrogens with one attached hydrogen (secondary N) is 1. The SMILES string of the molecule is Cc1cccc2c(=O)n(CCCC(=O)Nc3nc(-c4cc(C)n(C[C@H]5CCCO5)c4C)cs3)cnc12. The minimum atomic E-state index is -0.114. The van der Waals surface area contributed by atoms with Crippen molar-refractivity contribution in [3.05, 3.63) is 63.3 Å². The minimum Gasteiger partial charge on any atom is -0.376 e. The summed E-state index contributed by atoms with van der Waals surface area (Å²) in [5.74, 6) is -0.114. The monoisotopic (exact) mass is 505 g/mol. The third-order valence-electron chi connectivity index (χ3n) is 6.87. The number of anilines is 1.